The SMILES string of the molecule is NC1=NC(N)(c2ccc(N3CCOCC3)cc2)NC=C1. The van der Waals surface area contributed by atoms with Crippen LogP contribution in [0.15, 0.2) is 41.5 Å². The first kappa shape index (κ1) is 13.0. The van der Waals surface area contributed by atoms with Crippen LogP contribution >= 0.6 is 0 Å². The molecule has 0 saturated carbocycles. The van der Waals surface area contributed by atoms with E-state index in [0.717, 1.165) is 31.9 Å². The highest BCUT2D eigenvalue weighted by Gasteiger charge is 2.27. The monoisotopic (exact) mass is 273 g/mol. The van der Waals surface area contributed by atoms with Gasteiger partial charge >= 0.3 is 0 Å². The maximum absolute atomic E-state index is 6.24. The van der Waals surface area contributed by atoms with Gasteiger partial charge in [-0.3, -0.25) is 5.73 Å². The molecule has 1 aromatic rings. The molecule has 1 aromatic carbocycles. The summed E-state index contributed by atoms with van der Waals surface area (Å²) in [6.07, 6.45) is 3.41. The van der Waals surface area contributed by atoms with Gasteiger partial charge in [0.15, 0.2) is 0 Å². The van der Waals surface area contributed by atoms with Crippen LogP contribution in [0.5, 0.6) is 0 Å². The van der Waals surface area contributed by atoms with Crippen molar-refractivity contribution in [2.45, 2.75) is 5.79 Å². The summed E-state index contributed by atoms with van der Waals surface area (Å²) >= 11 is 0. The van der Waals surface area contributed by atoms with Crippen molar-refractivity contribution in [2.75, 3.05) is 31.2 Å². The molecule has 0 amide bonds. The molecule has 0 radical (unpaired) electrons. The van der Waals surface area contributed by atoms with Crippen molar-refractivity contribution in [3.63, 3.8) is 0 Å². The number of aliphatic imine (C=N–C) groups is 1. The number of morpholine rings is 1. The molecule has 1 unspecified atom stereocenters. The highest BCUT2D eigenvalue weighted by Crippen LogP contribution is 2.23. The highest BCUT2D eigenvalue weighted by molar-refractivity contribution is 5.92. The van der Waals surface area contributed by atoms with Gasteiger partial charge in [0.2, 0.25) is 5.79 Å². The Morgan fingerprint density at radius 3 is 2.55 bits per heavy atom. The maximum Gasteiger partial charge on any atom is 0.211 e. The van der Waals surface area contributed by atoms with Gasteiger partial charge < -0.3 is 20.7 Å². The number of nitrogens with one attached hydrogen (secondary N) is 1. The van der Waals surface area contributed by atoms with Crippen LogP contribution in [0.25, 0.3) is 0 Å². The second-order valence-electron chi connectivity index (χ2n) is 4.93. The lowest BCUT2D eigenvalue weighted by atomic mass is 10.1. The van der Waals surface area contributed by atoms with Gasteiger partial charge in [0, 0.05) is 30.5 Å². The second kappa shape index (κ2) is 5.15. The summed E-state index contributed by atoms with van der Waals surface area (Å²) in [5, 5.41) is 3.04. The summed E-state index contributed by atoms with van der Waals surface area (Å²) in [6, 6.07) is 8.07. The number of nitrogens with zero attached hydrogens (tertiary/aromatic N) is 2. The lowest BCUT2D eigenvalue weighted by molar-refractivity contribution is 0.122. The molecule has 1 saturated heterocycles. The Kier molecular flexibility index (Phi) is 3.33. The van der Waals surface area contributed by atoms with Crippen molar-refractivity contribution < 1.29 is 4.74 Å². The van der Waals surface area contributed by atoms with E-state index in [2.05, 4.69) is 27.3 Å². The third-order valence-corrected chi connectivity index (χ3v) is 3.55. The van der Waals surface area contributed by atoms with E-state index in [1.807, 2.05) is 12.1 Å². The molecule has 1 atom stereocenters. The number of amidine groups is 1. The van der Waals surface area contributed by atoms with Crippen LogP contribution in [0.3, 0.4) is 0 Å². The van der Waals surface area contributed by atoms with Gasteiger partial charge in [0.1, 0.15) is 5.84 Å². The van der Waals surface area contributed by atoms with Crippen LogP contribution in [0.1, 0.15) is 5.56 Å². The van der Waals surface area contributed by atoms with E-state index in [1.165, 1.54) is 5.69 Å². The first-order chi connectivity index (χ1) is 9.67. The van der Waals surface area contributed by atoms with Crippen LogP contribution < -0.4 is 21.7 Å². The molecule has 2 aliphatic rings. The van der Waals surface area contributed by atoms with Crippen molar-refractivity contribution >= 4 is 11.5 Å². The minimum absolute atomic E-state index is 0.420. The molecular weight excluding hydrogens is 254 g/mol. The Bertz CT molecular complexity index is 533. The van der Waals surface area contributed by atoms with Crippen LogP contribution in [0.2, 0.25) is 0 Å². The molecule has 1 fully saturated rings. The van der Waals surface area contributed by atoms with E-state index >= 15 is 0 Å². The number of anilines is 1. The minimum Gasteiger partial charge on any atom is -0.384 e. The van der Waals surface area contributed by atoms with Gasteiger partial charge in [-0.15, -0.1) is 0 Å². The third-order valence-electron chi connectivity index (χ3n) is 3.55. The van der Waals surface area contributed by atoms with Gasteiger partial charge in [-0.2, -0.15) is 0 Å². The van der Waals surface area contributed by atoms with Gasteiger partial charge in [-0.05, 0) is 18.2 Å². The third kappa shape index (κ3) is 2.48. The molecule has 2 aliphatic heterocycles. The Morgan fingerprint density at radius 2 is 1.90 bits per heavy atom. The van der Waals surface area contributed by atoms with Crippen molar-refractivity contribution in [1.29, 1.82) is 0 Å². The lowest BCUT2D eigenvalue weighted by Crippen LogP contribution is -2.49. The van der Waals surface area contributed by atoms with Gasteiger partial charge in [0.05, 0.1) is 13.2 Å². The molecule has 2 heterocycles. The zero-order chi connectivity index (χ0) is 14.0. The average molecular weight is 273 g/mol. The van der Waals surface area contributed by atoms with E-state index in [4.69, 9.17) is 16.2 Å². The van der Waals surface area contributed by atoms with Crippen LogP contribution in [-0.4, -0.2) is 32.1 Å². The molecule has 20 heavy (non-hydrogen) atoms. The number of rotatable bonds is 2. The lowest BCUT2D eigenvalue weighted by Gasteiger charge is -2.31. The maximum atomic E-state index is 6.24. The number of benzene rings is 1. The Labute approximate surface area is 118 Å². The van der Waals surface area contributed by atoms with Gasteiger partial charge in [-0.1, -0.05) is 12.1 Å². The summed E-state index contributed by atoms with van der Waals surface area (Å²) in [4.78, 5) is 6.56. The first-order valence-electron chi connectivity index (χ1n) is 6.69. The van der Waals surface area contributed by atoms with E-state index in [-0.39, 0.29) is 0 Å². The van der Waals surface area contributed by atoms with Crippen LogP contribution in [-0.2, 0) is 10.5 Å². The topological polar surface area (TPSA) is 88.9 Å². The molecule has 0 aliphatic carbocycles. The van der Waals surface area contributed by atoms with Crippen molar-refractivity contribution in [3.8, 4) is 0 Å². The largest absolute Gasteiger partial charge is 0.384 e. The molecule has 3 rings (SSSR count). The van der Waals surface area contributed by atoms with E-state index < -0.39 is 5.79 Å². The van der Waals surface area contributed by atoms with Gasteiger partial charge in [0.25, 0.3) is 0 Å². The van der Waals surface area contributed by atoms with Crippen LogP contribution in [0, 0.1) is 0 Å². The highest BCUT2D eigenvalue weighted by atomic mass is 16.5. The molecule has 5 N–H and O–H groups in total. The van der Waals surface area contributed by atoms with Crippen molar-refractivity contribution in [2.24, 2.45) is 16.5 Å². The summed E-state index contributed by atoms with van der Waals surface area (Å²) in [5.41, 5.74) is 14.0. The number of hydrogen-bond donors (Lipinski definition) is 3. The summed E-state index contributed by atoms with van der Waals surface area (Å²) in [7, 11) is 0. The predicted octanol–water partition coefficient (Wildman–Crippen LogP) is 0.0663. The Morgan fingerprint density at radius 1 is 1.20 bits per heavy atom. The Hall–Kier alpha value is -2.05. The van der Waals surface area contributed by atoms with E-state index in [1.54, 1.807) is 12.3 Å². The fraction of sp³-hybridized carbons (Fsp3) is 0.357. The molecule has 0 bridgehead atoms. The first-order valence-corrected chi connectivity index (χ1v) is 6.69. The summed E-state index contributed by atoms with van der Waals surface area (Å²) < 4.78 is 5.36. The standard InChI is InChI=1S/C14H19N5O/c15-13-5-6-17-14(16,18-13)11-1-3-12(4-2-11)19-7-9-20-10-8-19/h1-6,17H,7-10,16H2,(H2,15,18). The summed E-state index contributed by atoms with van der Waals surface area (Å²) in [5.74, 6) is -0.564. The molecule has 6 nitrogen and oxygen atoms in total. The second-order valence-corrected chi connectivity index (χ2v) is 4.93. The predicted molar refractivity (Wildman–Crippen MR) is 79.2 cm³/mol. The smallest absolute Gasteiger partial charge is 0.211 e. The van der Waals surface area contributed by atoms with Crippen molar-refractivity contribution in [1.82, 2.24) is 5.32 Å². The fourth-order valence-electron chi connectivity index (χ4n) is 2.42. The zero-order valence-corrected chi connectivity index (χ0v) is 11.2. The molecule has 0 spiro atoms. The van der Waals surface area contributed by atoms with Crippen LogP contribution in [0.4, 0.5) is 5.69 Å². The Balaban J connectivity index is 1.80. The quantitative estimate of drug-likeness (QED) is 0.709. The van der Waals surface area contributed by atoms with E-state index in [0.29, 0.717) is 5.84 Å². The summed E-state index contributed by atoms with van der Waals surface area (Å²) in [6.45, 7) is 3.38. The van der Waals surface area contributed by atoms with E-state index in [9.17, 15) is 0 Å². The number of nitrogens with two attached hydrogens (primary N) is 2. The van der Waals surface area contributed by atoms with Crippen molar-refractivity contribution in [3.05, 3.63) is 42.1 Å². The fourth-order valence-corrected chi connectivity index (χ4v) is 2.42. The zero-order valence-electron chi connectivity index (χ0n) is 11.2. The molecule has 0 aromatic heterocycles. The molecule has 106 valence electrons. The number of hydrogen-bond acceptors (Lipinski definition) is 6. The average Bonchev–Trinajstić information content (AvgIpc) is 2.48. The van der Waals surface area contributed by atoms with Gasteiger partial charge in [-0.25, -0.2) is 4.99 Å². The number of ether oxygens (including phenoxy) is 1. The minimum atomic E-state index is -0.984. The molecular formula is C14H19N5O. The normalized spacial score (nSPS) is 26.1. The molecule has 6 heteroatoms.